The lowest BCUT2D eigenvalue weighted by Gasteiger charge is -2.27. The summed E-state index contributed by atoms with van der Waals surface area (Å²) in [5.74, 6) is -0.685. The van der Waals surface area contributed by atoms with Crippen LogP contribution in [0, 0.1) is 0 Å². The molecule has 6 bridgehead atoms. The molecule has 1 fully saturated rings. The van der Waals surface area contributed by atoms with Gasteiger partial charge in [-0.15, -0.1) is 5.10 Å². The number of ether oxygens (including phenoxy) is 2. The molecule has 4 aliphatic rings. The molecule has 0 aliphatic carbocycles. The quantitative estimate of drug-likeness (QED) is 0.199. The number of aromatic nitrogens is 5. The zero-order chi connectivity index (χ0) is 34.9. The summed E-state index contributed by atoms with van der Waals surface area (Å²) in [5.41, 5.74) is 3.95. The molecule has 0 radical (unpaired) electrons. The number of hydrogen-bond acceptors (Lipinski definition) is 11. The number of benzene rings is 2. The molecule has 1 unspecified atom stereocenters. The van der Waals surface area contributed by atoms with Crippen molar-refractivity contribution in [3.05, 3.63) is 84.3 Å². The summed E-state index contributed by atoms with van der Waals surface area (Å²) in [6.07, 6.45) is 7.12. The number of imide groups is 2. The first-order valence-corrected chi connectivity index (χ1v) is 17.0. The third-order valence-electron chi connectivity index (χ3n) is 9.28. The van der Waals surface area contributed by atoms with E-state index < -0.39 is 29.7 Å². The van der Waals surface area contributed by atoms with E-state index in [1.54, 1.807) is 30.6 Å². The molecule has 51 heavy (non-hydrogen) atoms. The zero-order valence-electron chi connectivity index (χ0n) is 27.7. The molecule has 260 valence electrons. The lowest BCUT2D eigenvalue weighted by atomic mass is 10.0. The van der Waals surface area contributed by atoms with E-state index in [4.69, 9.17) is 14.6 Å². The van der Waals surface area contributed by atoms with Gasteiger partial charge in [-0.25, -0.2) is 9.50 Å². The molecule has 2 N–H and O–H groups in total. The van der Waals surface area contributed by atoms with Crippen molar-refractivity contribution in [3.8, 4) is 22.8 Å². The third kappa shape index (κ3) is 6.50. The van der Waals surface area contributed by atoms with Crippen molar-refractivity contribution in [2.75, 3.05) is 38.2 Å². The minimum Gasteiger partial charge on any atom is -0.493 e. The van der Waals surface area contributed by atoms with Gasteiger partial charge in [0.1, 0.15) is 24.1 Å². The van der Waals surface area contributed by atoms with Gasteiger partial charge >= 0.3 is 0 Å². The van der Waals surface area contributed by atoms with Gasteiger partial charge in [0, 0.05) is 44.4 Å². The fourth-order valence-electron chi connectivity index (χ4n) is 6.74. The first kappa shape index (κ1) is 32.1. The Hall–Kier alpha value is -6.09. The van der Waals surface area contributed by atoms with Crippen LogP contribution in [0.4, 0.5) is 11.6 Å². The molecule has 5 aromatic rings. The van der Waals surface area contributed by atoms with Crippen LogP contribution in [0.2, 0.25) is 0 Å². The number of carbonyl (C=O) groups is 4. The predicted molar refractivity (Wildman–Crippen MR) is 184 cm³/mol. The Morgan fingerprint density at radius 2 is 1.80 bits per heavy atom. The molecule has 0 spiro atoms. The number of aryl methyl sites for hydroxylation is 1. The van der Waals surface area contributed by atoms with E-state index in [2.05, 4.69) is 25.6 Å². The summed E-state index contributed by atoms with van der Waals surface area (Å²) in [5, 5.41) is 14.7. The zero-order valence-corrected chi connectivity index (χ0v) is 27.7. The molecule has 4 amide bonds. The summed E-state index contributed by atoms with van der Waals surface area (Å²) in [7, 11) is 0. The normalized spacial score (nSPS) is 18.2. The molecule has 1 atom stereocenters. The van der Waals surface area contributed by atoms with Gasteiger partial charge in [-0.1, -0.05) is 6.07 Å². The highest BCUT2D eigenvalue weighted by molar-refractivity contribution is 6.24. The highest BCUT2D eigenvalue weighted by Gasteiger charge is 2.46. The van der Waals surface area contributed by atoms with Crippen LogP contribution >= 0.6 is 0 Å². The molecule has 15 nitrogen and oxygen atoms in total. The van der Waals surface area contributed by atoms with Crippen molar-refractivity contribution in [3.63, 3.8) is 0 Å². The van der Waals surface area contributed by atoms with Crippen molar-refractivity contribution in [2.45, 2.75) is 38.3 Å². The number of fused-ring (bicyclic) bond motifs is 9. The molecule has 0 saturated carbocycles. The summed E-state index contributed by atoms with van der Waals surface area (Å²) in [6, 6.07) is 15.8. The molecule has 15 heteroatoms. The van der Waals surface area contributed by atoms with Gasteiger partial charge in [0.25, 0.3) is 11.8 Å². The van der Waals surface area contributed by atoms with Crippen LogP contribution < -0.4 is 20.1 Å². The van der Waals surface area contributed by atoms with Crippen molar-refractivity contribution in [1.29, 1.82) is 0 Å². The van der Waals surface area contributed by atoms with Crippen LogP contribution in [0.25, 0.3) is 16.8 Å². The van der Waals surface area contributed by atoms with E-state index in [9.17, 15) is 19.2 Å². The summed E-state index contributed by atoms with van der Waals surface area (Å²) < 4.78 is 16.0. The second-order valence-electron chi connectivity index (χ2n) is 12.7. The summed E-state index contributed by atoms with van der Waals surface area (Å²) >= 11 is 0. The Bertz CT molecular complexity index is 2140. The van der Waals surface area contributed by atoms with Crippen molar-refractivity contribution in [1.82, 2.24) is 39.5 Å². The third-order valence-corrected chi connectivity index (χ3v) is 9.28. The average molecular weight is 690 g/mol. The van der Waals surface area contributed by atoms with Crippen LogP contribution in [0.3, 0.4) is 0 Å². The highest BCUT2D eigenvalue weighted by atomic mass is 16.5. The van der Waals surface area contributed by atoms with Crippen LogP contribution in [0.5, 0.6) is 11.5 Å². The second kappa shape index (κ2) is 13.7. The number of anilines is 2. The van der Waals surface area contributed by atoms with Crippen LogP contribution in [-0.2, 0) is 16.1 Å². The average Bonchev–Trinajstić information content (AvgIpc) is 3.83. The van der Waals surface area contributed by atoms with Crippen LogP contribution in [0.15, 0.2) is 73.2 Å². The van der Waals surface area contributed by atoms with Crippen LogP contribution in [-0.4, -0.2) is 96.7 Å². The molecular formula is C36H35N9O6. The lowest BCUT2D eigenvalue weighted by molar-refractivity contribution is -0.136. The summed E-state index contributed by atoms with van der Waals surface area (Å²) in [6.45, 7) is 3.67. The first-order chi connectivity index (χ1) is 24.9. The highest BCUT2D eigenvalue weighted by Crippen LogP contribution is 2.34. The standard InChI is InChI=1S/C36H35N9O6/c46-31-13-12-29(33(47)40-31)44-34(48)27-4-1-5-30(32(27)35(44)49)51-18-3-15-42-14-2-16-43-22-24(20-38-43)39-36-37-21-25-8-11-28(45(25)41-36)23-6-9-26(10-7-23)50-19-17-42/h1,4-11,20-22,29H,2-3,12-19H2,(H,39,41)(H,40,46,47). The van der Waals surface area contributed by atoms with Gasteiger partial charge < -0.3 is 14.8 Å². The Balaban J connectivity index is 0.927. The lowest BCUT2D eigenvalue weighted by Crippen LogP contribution is -2.54. The maximum absolute atomic E-state index is 13.4. The topological polar surface area (TPSA) is 165 Å². The fourth-order valence-corrected chi connectivity index (χ4v) is 6.74. The number of piperidine rings is 1. The largest absolute Gasteiger partial charge is 0.493 e. The number of amides is 4. The van der Waals surface area contributed by atoms with E-state index >= 15 is 0 Å². The van der Waals surface area contributed by atoms with Crippen LogP contribution in [0.1, 0.15) is 46.4 Å². The fraction of sp³-hybridized carbons (Fsp3) is 0.306. The Kier molecular flexibility index (Phi) is 8.61. The number of nitrogens with zero attached hydrogens (tertiary/aromatic N) is 7. The van der Waals surface area contributed by atoms with Gasteiger partial charge in [-0.3, -0.25) is 39.0 Å². The monoisotopic (exact) mass is 689 g/mol. The van der Waals surface area contributed by atoms with Crippen molar-refractivity contribution >= 4 is 40.8 Å². The SMILES string of the molecule is O=C1CCC(N2C(=O)c3cccc(OCCCN4CCCn5cc(cn5)Nc5ncc6ccc(n6n5)-c5ccc(cc5)OCC4)c3C2=O)C(=O)N1. The number of carbonyl (C=O) groups excluding carboxylic acids is 4. The van der Waals surface area contributed by atoms with Gasteiger partial charge in [-0.05, 0) is 67.8 Å². The van der Waals surface area contributed by atoms with Gasteiger partial charge in [0.15, 0.2) is 0 Å². The number of hydrogen-bond donors (Lipinski definition) is 2. The summed E-state index contributed by atoms with van der Waals surface area (Å²) in [4.78, 5) is 58.5. The second-order valence-corrected chi connectivity index (χ2v) is 12.7. The predicted octanol–water partition coefficient (Wildman–Crippen LogP) is 3.29. The van der Waals surface area contributed by atoms with Crippen molar-refractivity contribution < 1.29 is 28.7 Å². The first-order valence-electron chi connectivity index (χ1n) is 17.0. The maximum Gasteiger partial charge on any atom is 0.266 e. The van der Waals surface area contributed by atoms with E-state index in [1.807, 2.05) is 51.8 Å². The Morgan fingerprint density at radius 3 is 2.67 bits per heavy atom. The molecule has 9 rings (SSSR count). The minimum atomic E-state index is -1.03. The van der Waals surface area contributed by atoms with E-state index in [1.165, 1.54) is 0 Å². The van der Waals surface area contributed by atoms with Crippen molar-refractivity contribution in [2.24, 2.45) is 0 Å². The Labute approximate surface area is 292 Å². The number of nitrogens with one attached hydrogen (secondary N) is 2. The Morgan fingerprint density at radius 1 is 0.922 bits per heavy atom. The molecule has 4 aliphatic heterocycles. The smallest absolute Gasteiger partial charge is 0.266 e. The molecule has 2 aromatic carbocycles. The molecule has 1 saturated heterocycles. The minimum absolute atomic E-state index is 0.0583. The van der Waals surface area contributed by atoms with E-state index in [0.29, 0.717) is 51.0 Å². The van der Waals surface area contributed by atoms with E-state index in [0.717, 1.165) is 46.1 Å². The number of rotatable bonds is 6. The molecule has 7 heterocycles. The van der Waals surface area contributed by atoms with Gasteiger partial charge in [-0.2, -0.15) is 5.10 Å². The van der Waals surface area contributed by atoms with Gasteiger partial charge in [0.2, 0.25) is 17.8 Å². The molecular weight excluding hydrogens is 654 g/mol. The molecule has 3 aromatic heterocycles. The maximum atomic E-state index is 13.4. The van der Waals surface area contributed by atoms with E-state index in [-0.39, 0.29) is 24.0 Å². The van der Waals surface area contributed by atoms with Gasteiger partial charge in [0.05, 0.1) is 47.0 Å².